The first kappa shape index (κ1) is 23.9. The molecular formula is C16H26O13. The second-order valence-electron chi connectivity index (χ2n) is 6.40. The summed E-state index contributed by atoms with van der Waals surface area (Å²) >= 11 is 0. The number of methoxy groups -OCH3 is 4. The molecule has 0 aliphatic carbocycles. The summed E-state index contributed by atoms with van der Waals surface area (Å²) in [6.07, 6.45) is -15.8. The number of aliphatic hydroxyl groups excluding tert-OH is 4. The minimum absolute atomic E-state index is 0.916. The van der Waals surface area contributed by atoms with Crippen molar-refractivity contribution in [3.05, 3.63) is 0 Å². The monoisotopic (exact) mass is 426 g/mol. The van der Waals surface area contributed by atoms with Crippen LogP contribution in [0.2, 0.25) is 0 Å². The van der Waals surface area contributed by atoms with Gasteiger partial charge in [0.25, 0.3) is 0 Å². The molecule has 13 heteroatoms. The van der Waals surface area contributed by atoms with Crippen LogP contribution >= 0.6 is 0 Å². The number of ether oxygens (including phenoxy) is 7. The van der Waals surface area contributed by atoms with E-state index in [1.54, 1.807) is 0 Å². The lowest BCUT2D eigenvalue weighted by Gasteiger charge is -2.45. The van der Waals surface area contributed by atoms with E-state index in [0.29, 0.717) is 0 Å². The smallest absolute Gasteiger partial charge is 0.337 e. The van der Waals surface area contributed by atoms with E-state index in [2.05, 4.69) is 9.47 Å². The second kappa shape index (κ2) is 10.1. The van der Waals surface area contributed by atoms with Crippen molar-refractivity contribution in [2.24, 2.45) is 0 Å². The van der Waals surface area contributed by atoms with Gasteiger partial charge >= 0.3 is 11.9 Å². The zero-order valence-electron chi connectivity index (χ0n) is 16.2. The van der Waals surface area contributed by atoms with Gasteiger partial charge in [-0.1, -0.05) is 0 Å². The van der Waals surface area contributed by atoms with Crippen LogP contribution in [0, 0.1) is 0 Å². The molecule has 2 aliphatic heterocycles. The normalized spacial score (nSPS) is 42.9. The SMILES string of the molecule is COC(=O)C1OC(OC)[C@@H](O)[C@H](O)C1O[C@H]1O[C@@H](C(=O)OC)[C@H](OC)C(O)C1O. The molecule has 4 N–H and O–H groups in total. The van der Waals surface area contributed by atoms with E-state index in [4.69, 9.17) is 23.7 Å². The van der Waals surface area contributed by atoms with Crippen LogP contribution in [0.1, 0.15) is 0 Å². The maximum absolute atomic E-state index is 12.1. The van der Waals surface area contributed by atoms with Crippen molar-refractivity contribution in [3.63, 3.8) is 0 Å². The Labute approximate surface area is 165 Å². The summed E-state index contributed by atoms with van der Waals surface area (Å²) in [5, 5.41) is 41.1. The number of hydrogen-bond donors (Lipinski definition) is 4. The highest BCUT2D eigenvalue weighted by molar-refractivity contribution is 5.76. The highest BCUT2D eigenvalue weighted by Gasteiger charge is 2.54. The van der Waals surface area contributed by atoms with Gasteiger partial charge in [0.15, 0.2) is 24.8 Å². The lowest BCUT2D eigenvalue weighted by molar-refractivity contribution is -0.349. The predicted molar refractivity (Wildman–Crippen MR) is 88.1 cm³/mol. The van der Waals surface area contributed by atoms with Crippen LogP contribution in [0.4, 0.5) is 0 Å². The third kappa shape index (κ3) is 4.68. The fraction of sp³-hybridized carbons (Fsp3) is 0.875. The van der Waals surface area contributed by atoms with E-state index >= 15 is 0 Å². The molecule has 29 heavy (non-hydrogen) atoms. The van der Waals surface area contributed by atoms with Crippen LogP contribution in [0.15, 0.2) is 0 Å². The summed E-state index contributed by atoms with van der Waals surface area (Å²) in [7, 11) is 4.52. The Balaban J connectivity index is 2.27. The Morgan fingerprint density at radius 3 is 1.59 bits per heavy atom. The van der Waals surface area contributed by atoms with Gasteiger partial charge in [-0.05, 0) is 0 Å². The molecule has 5 unspecified atom stereocenters. The van der Waals surface area contributed by atoms with Crippen LogP contribution in [0.3, 0.4) is 0 Å². The number of esters is 2. The number of carbonyl (C=O) groups excluding carboxylic acids is 2. The van der Waals surface area contributed by atoms with E-state index in [1.165, 1.54) is 14.2 Å². The minimum atomic E-state index is -1.75. The molecule has 2 saturated heterocycles. The molecule has 2 heterocycles. The molecule has 13 nitrogen and oxygen atoms in total. The third-order valence-electron chi connectivity index (χ3n) is 4.75. The highest BCUT2D eigenvalue weighted by Crippen LogP contribution is 2.30. The Morgan fingerprint density at radius 2 is 1.10 bits per heavy atom. The summed E-state index contributed by atoms with van der Waals surface area (Å²) < 4.78 is 35.2. The van der Waals surface area contributed by atoms with Crippen molar-refractivity contribution in [3.8, 4) is 0 Å². The average molecular weight is 426 g/mol. The van der Waals surface area contributed by atoms with Crippen LogP contribution in [0.25, 0.3) is 0 Å². The summed E-state index contributed by atoms with van der Waals surface area (Å²) in [4.78, 5) is 24.0. The molecule has 0 bridgehead atoms. The van der Waals surface area contributed by atoms with E-state index in [0.717, 1.165) is 14.2 Å². The van der Waals surface area contributed by atoms with Crippen LogP contribution in [-0.4, -0.2) is 122 Å². The average Bonchev–Trinajstić information content (AvgIpc) is 2.73. The fourth-order valence-electron chi connectivity index (χ4n) is 3.16. The Hall–Kier alpha value is -1.42. The van der Waals surface area contributed by atoms with Crippen molar-refractivity contribution in [1.29, 1.82) is 0 Å². The second-order valence-corrected chi connectivity index (χ2v) is 6.40. The molecule has 2 rings (SSSR count). The van der Waals surface area contributed by atoms with Gasteiger partial charge in [0.2, 0.25) is 0 Å². The Bertz CT molecular complexity index is 571. The van der Waals surface area contributed by atoms with Gasteiger partial charge in [-0.3, -0.25) is 0 Å². The van der Waals surface area contributed by atoms with Crippen LogP contribution < -0.4 is 0 Å². The van der Waals surface area contributed by atoms with Gasteiger partial charge in [-0.15, -0.1) is 0 Å². The summed E-state index contributed by atoms with van der Waals surface area (Å²) in [6, 6.07) is 0. The van der Waals surface area contributed by atoms with Crippen molar-refractivity contribution in [1.82, 2.24) is 0 Å². The van der Waals surface area contributed by atoms with Crippen LogP contribution in [-0.2, 0) is 42.7 Å². The molecule has 0 aromatic carbocycles. The summed E-state index contributed by atoms with van der Waals surface area (Å²) in [5.74, 6) is -1.88. The molecule has 0 spiro atoms. The van der Waals surface area contributed by atoms with E-state index in [9.17, 15) is 30.0 Å². The quantitative estimate of drug-likeness (QED) is 0.305. The van der Waals surface area contributed by atoms with Gasteiger partial charge in [0, 0.05) is 14.2 Å². The maximum Gasteiger partial charge on any atom is 0.337 e. The maximum atomic E-state index is 12.1. The van der Waals surface area contributed by atoms with Gasteiger partial charge in [0.1, 0.15) is 36.6 Å². The zero-order valence-corrected chi connectivity index (χ0v) is 16.2. The van der Waals surface area contributed by atoms with E-state index in [-0.39, 0.29) is 0 Å². The first-order chi connectivity index (χ1) is 13.7. The fourth-order valence-corrected chi connectivity index (χ4v) is 3.16. The molecule has 2 fully saturated rings. The van der Waals surface area contributed by atoms with Gasteiger partial charge in [-0.2, -0.15) is 0 Å². The zero-order chi connectivity index (χ0) is 21.9. The number of aliphatic hydroxyl groups is 4. The predicted octanol–water partition coefficient (Wildman–Crippen LogP) is -3.73. The van der Waals surface area contributed by atoms with Crippen molar-refractivity contribution in [2.75, 3.05) is 28.4 Å². The Morgan fingerprint density at radius 1 is 0.655 bits per heavy atom. The van der Waals surface area contributed by atoms with E-state index < -0.39 is 73.4 Å². The molecule has 0 amide bonds. The summed E-state index contributed by atoms with van der Waals surface area (Å²) in [6.45, 7) is 0. The molecule has 2 aliphatic rings. The molecule has 0 saturated carbocycles. The number of rotatable bonds is 6. The molecule has 10 atom stereocenters. The Kier molecular flexibility index (Phi) is 8.28. The van der Waals surface area contributed by atoms with Crippen molar-refractivity contribution >= 4 is 11.9 Å². The lowest BCUT2D eigenvalue weighted by atomic mass is 9.96. The van der Waals surface area contributed by atoms with Crippen molar-refractivity contribution < 1.29 is 63.2 Å². The third-order valence-corrected chi connectivity index (χ3v) is 4.75. The standard InChI is InChI=1S/C16H26O13/c1-23-9-5(17)8(20)16(29-11(9)13(21)24-2)27-10-6(18)7(19)15(26-4)28-12(10)14(22)25-3/h5-12,15-20H,1-4H3/t5?,6-,7-,8?,9+,10?,11+,12?,15?,16-/m0/s1. The molecular weight excluding hydrogens is 400 g/mol. The first-order valence-corrected chi connectivity index (χ1v) is 8.61. The number of hydrogen-bond acceptors (Lipinski definition) is 13. The lowest BCUT2D eigenvalue weighted by Crippen LogP contribution is -2.66. The van der Waals surface area contributed by atoms with E-state index in [1.807, 2.05) is 0 Å². The highest BCUT2D eigenvalue weighted by atomic mass is 16.7. The summed E-state index contributed by atoms with van der Waals surface area (Å²) in [5.41, 5.74) is 0. The molecule has 168 valence electrons. The molecule has 0 aromatic heterocycles. The van der Waals surface area contributed by atoms with Crippen molar-refractivity contribution in [2.45, 2.75) is 61.4 Å². The molecule has 0 aromatic rings. The minimum Gasteiger partial charge on any atom is -0.467 e. The van der Waals surface area contributed by atoms with Gasteiger partial charge in [-0.25, -0.2) is 9.59 Å². The largest absolute Gasteiger partial charge is 0.467 e. The first-order valence-electron chi connectivity index (χ1n) is 8.61. The van der Waals surface area contributed by atoms with Gasteiger partial charge < -0.3 is 53.6 Å². The van der Waals surface area contributed by atoms with Gasteiger partial charge in [0.05, 0.1) is 14.2 Å². The number of carbonyl (C=O) groups is 2. The van der Waals surface area contributed by atoms with Crippen LogP contribution in [0.5, 0.6) is 0 Å². The topological polar surface area (TPSA) is 180 Å². The molecule has 0 radical (unpaired) electrons.